The van der Waals surface area contributed by atoms with Crippen LogP contribution in [0.5, 0.6) is 11.5 Å². The van der Waals surface area contributed by atoms with Crippen molar-refractivity contribution in [3.63, 3.8) is 0 Å². The van der Waals surface area contributed by atoms with Crippen molar-refractivity contribution in [3.05, 3.63) is 57.4 Å². The van der Waals surface area contributed by atoms with E-state index in [1.54, 1.807) is 12.1 Å². The number of nitro groups is 1. The van der Waals surface area contributed by atoms with E-state index < -0.39 is 22.3 Å². The van der Waals surface area contributed by atoms with Gasteiger partial charge in [-0.2, -0.15) is 0 Å². The molecule has 0 spiro atoms. The number of amides is 1. The predicted molar refractivity (Wildman–Crippen MR) is 97.7 cm³/mol. The molecule has 2 rings (SSSR count). The van der Waals surface area contributed by atoms with E-state index in [-0.39, 0.29) is 17.8 Å². The Labute approximate surface area is 155 Å². The highest BCUT2D eigenvalue weighted by Gasteiger charge is 2.23. The molecule has 144 valence electrons. The van der Waals surface area contributed by atoms with E-state index in [9.17, 15) is 19.3 Å². The topological polar surface area (TPSA) is 108 Å². The van der Waals surface area contributed by atoms with Gasteiger partial charge in [-0.1, -0.05) is 6.07 Å². The first-order valence-corrected chi connectivity index (χ1v) is 7.98. The summed E-state index contributed by atoms with van der Waals surface area (Å²) in [5.74, 6) is -0.345. The maximum Gasteiger partial charge on any atom is 0.295 e. The van der Waals surface area contributed by atoms with Gasteiger partial charge in [0, 0.05) is 13.6 Å². The molecule has 0 atom stereocenters. The van der Waals surface area contributed by atoms with E-state index in [2.05, 4.69) is 0 Å². The smallest absolute Gasteiger partial charge is 0.295 e. The van der Waals surface area contributed by atoms with Crippen LogP contribution in [0, 0.1) is 15.9 Å². The highest BCUT2D eigenvalue weighted by molar-refractivity contribution is 6.00. The van der Waals surface area contributed by atoms with Crippen LogP contribution in [0.15, 0.2) is 30.3 Å². The molecule has 27 heavy (non-hydrogen) atoms. The molecule has 1 amide bonds. The number of rotatable bonds is 7. The first kappa shape index (κ1) is 20.0. The molecule has 0 aliphatic carbocycles. The molecule has 0 bridgehead atoms. The number of carbonyl (C=O) groups is 1. The van der Waals surface area contributed by atoms with E-state index in [0.29, 0.717) is 24.0 Å². The predicted octanol–water partition coefficient (Wildman–Crippen LogP) is 2.65. The second-order valence-corrected chi connectivity index (χ2v) is 5.81. The molecule has 2 aromatic rings. The highest BCUT2D eigenvalue weighted by Crippen LogP contribution is 2.29. The zero-order valence-corrected chi connectivity index (χ0v) is 15.2. The molecule has 0 radical (unpaired) electrons. The fourth-order valence-electron chi connectivity index (χ4n) is 2.57. The summed E-state index contributed by atoms with van der Waals surface area (Å²) >= 11 is 0. The largest absolute Gasteiger partial charge is 0.493 e. The van der Waals surface area contributed by atoms with Crippen LogP contribution in [0.4, 0.5) is 15.8 Å². The summed E-state index contributed by atoms with van der Waals surface area (Å²) in [4.78, 5) is 24.0. The summed E-state index contributed by atoms with van der Waals surface area (Å²) in [7, 11) is 4.57. The Hall–Kier alpha value is -3.36. The number of nitrogens with two attached hydrogens (primary N) is 1. The van der Waals surface area contributed by atoms with Crippen LogP contribution in [-0.2, 0) is 6.42 Å². The number of carbonyl (C=O) groups excluding carboxylic acids is 1. The molecule has 0 aliphatic rings. The van der Waals surface area contributed by atoms with Gasteiger partial charge in [0.1, 0.15) is 11.5 Å². The monoisotopic (exact) mass is 377 g/mol. The van der Waals surface area contributed by atoms with Crippen LogP contribution in [0.2, 0.25) is 0 Å². The lowest BCUT2D eigenvalue weighted by Gasteiger charge is -2.18. The summed E-state index contributed by atoms with van der Waals surface area (Å²) in [6.45, 7) is 0.290. The first-order chi connectivity index (χ1) is 12.8. The maximum atomic E-state index is 13.6. The van der Waals surface area contributed by atoms with Crippen LogP contribution >= 0.6 is 0 Å². The number of likely N-dealkylation sites (N-methyl/N-ethyl adjacent to an activating group) is 1. The molecule has 2 aromatic carbocycles. The van der Waals surface area contributed by atoms with Gasteiger partial charge in [-0.3, -0.25) is 14.9 Å². The third kappa shape index (κ3) is 4.43. The SMILES string of the molecule is COc1ccc(CCN(C)C(=O)c2cc(F)cc([N+](=O)[O-])c2N)cc1OC. The van der Waals surface area contributed by atoms with Crippen molar-refractivity contribution in [3.8, 4) is 11.5 Å². The minimum absolute atomic E-state index is 0.239. The van der Waals surface area contributed by atoms with Gasteiger partial charge in [0.25, 0.3) is 11.6 Å². The average molecular weight is 377 g/mol. The molecular formula is C18H20FN3O5. The standard InChI is InChI=1S/C18H20FN3O5/c1-21(7-6-11-4-5-15(26-2)16(8-11)27-3)18(23)13-9-12(19)10-14(17(13)20)22(24)25/h4-5,8-10H,6-7,20H2,1-3H3. The Kier molecular flexibility index (Phi) is 6.17. The molecule has 0 heterocycles. The number of hydrogen-bond donors (Lipinski definition) is 1. The third-order valence-corrected chi connectivity index (χ3v) is 4.08. The van der Waals surface area contributed by atoms with Crippen molar-refractivity contribution < 1.29 is 23.6 Å². The number of nitrogen functional groups attached to an aromatic ring is 1. The average Bonchev–Trinajstić information content (AvgIpc) is 2.66. The van der Waals surface area contributed by atoms with Gasteiger partial charge < -0.3 is 20.1 Å². The molecule has 0 saturated heterocycles. The van der Waals surface area contributed by atoms with Gasteiger partial charge >= 0.3 is 0 Å². The number of nitrogens with zero attached hydrogens (tertiary/aromatic N) is 2. The molecule has 9 heteroatoms. The number of nitro benzene ring substituents is 1. The quantitative estimate of drug-likeness (QED) is 0.451. The molecule has 8 nitrogen and oxygen atoms in total. The number of benzene rings is 2. The van der Waals surface area contributed by atoms with Crippen molar-refractivity contribution >= 4 is 17.3 Å². The van der Waals surface area contributed by atoms with Gasteiger partial charge in [0.2, 0.25) is 0 Å². The third-order valence-electron chi connectivity index (χ3n) is 4.08. The van der Waals surface area contributed by atoms with Crippen molar-refractivity contribution in [2.45, 2.75) is 6.42 Å². The lowest BCUT2D eigenvalue weighted by molar-refractivity contribution is -0.384. The Morgan fingerprint density at radius 2 is 1.89 bits per heavy atom. The Morgan fingerprint density at radius 1 is 1.22 bits per heavy atom. The molecule has 0 aromatic heterocycles. The molecule has 0 saturated carbocycles. The zero-order valence-electron chi connectivity index (χ0n) is 15.2. The second kappa shape index (κ2) is 8.35. The molecule has 2 N–H and O–H groups in total. The summed E-state index contributed by atoms with van der Waals surface area (Å²) in [5, 5.41) is 11.0. The Morgan fingerprint density at radius 3 is 2.48 bits per heavy atom. The van der Waals surface area contributed by atoms with Crippen LogP contribution < -0.4 is 15.2 Å². The van der Waals surface area contributed by atoms with Crippen LogP contribution in [-0.4, -0.2) is 43.5 Å². The van der Waals surface area contributed by atoms with E-state index in [1.165, 1.54) is 26.2 Å². The highest BCUT2D eigenvalue weighted by atomic mass is 19.1. The second-order valence-electron chi connectivity index (χ2n) is 5.81. The number of halogens is 1. The molecule has 0 fully saturated rings. The van der Waals surface area contributed by atoms with Crippen LogP contribution in [0.25, 0.3) is 0 Å². The fraction of sp³-hybridized carbons (Fsp3) is 0.278. The molecular weight excluding hydrogens is 357 g/mol. The molecule has 0 aliphatic heterocycles. The minimum atomic E-state index is -0.896. The number of ether oxygens (including phenoxy) is 2. The fourth-order valence-corrected chi connectivity index (χ4v) is 2.57. The normalized spacial score (nSPS) is 10.4. The Balaban J connectivity index is 2.16. The maximum absolute atomic E-state index is 13.6. The molecule has 0 unspecified atom stereocenters. The van der Waals surface area contributed by atoms with Gasteiger partial charge in [0.05, 0.1) is 30.8 Å². The van der Waals surface area contributed by atoms with Crippen molar-refractivity contribution in [2.24, 2.45) is 0 Å². The van der Waals surface area contributed by atoms with Crippen molar-refractivity contribution in [2.75, 3.05) is 33.5 Å². The lowest BCUT2D eigenvalue weighted by atomic mass is 10.1. The van der Waals surface area contributed by atoms with E-state index in [4.69, 9.17) is 15.2 Å². The van der Waals surface area contributed by atoms with Crippen molar-refractivity contribution in [1.29, 1.82) is 0 Å². The first-order valence-electron chi connectivity index (χ1n) is 7.98. The summed E-state index contributed by atoms with van der Waals surface area (Å²) in [5.41, 5.74) is 5.35. The van der Waals surface area contributed by atoms with E-state index >= 15 is 0 Å². The Bertz CT molecular complexity index is 872. The lowest BCUT2D eigenvalue weighted by Crippen LogP contribution is -2.29. The van der Waals surface area contributed by atoms with Gasteiger partial charge in [0.15, 0.2) is 11.5 Å². The summed E-state index contributed by atoms with van der Waals surface area (Å²) in [6, 6.07) is 6.97. The van der Waals surface area contributed by atoms with Crippen LogP contribution in [0.3, 0.4) is 0 Å². The summed E-state index contributed by atoms with van der Waals surface area (Å²) < 4.78 is 24.1. The summed E-state index contributed by atoms with van der Waals surface area (Å²) in [6.07, 6.45) is 0.486. The van der Waals surface area contributed by atoms with E-state index in [0.717, 1.165) is 11.6 Å². The number of anilines is 1. The van der Waals surface area contributed by atoms with E-state index in [1.807, 2.05) is 6.07 Å². The van der Waals surface area contributed by atoms with Gasteiger partial charge in [-0.05, 0) is 30.2 Å². The van der Waals surface area contributed by atoms with Crippen LogP contribution in [0.1, 0.15) is 15.9 Å². The minimum Gasteiger partial charge on any atom is -0.493 e. The number of hydrogen-bond acceptors (Lipinski definition) is 6. The van der Waals surface area contributed by atoms with Gasteiger partial charge in [-0.15, -0.1) is 0 Å². The van der Waals surface area contributed by atoms with Gasteiger partial charge in [-0.25, -0.2) is 4.39 Å². The number of methoxy groups -OCH3 is 2. The zero-order chi connectivity index (χ0) is 20.1. The van der Waals surface area contributed by atoms with Crippen molar-refractivity contribution in [1.82, 2.24) is 4.90 Å².